The number of aromatic nitrogens is 2. The van der Waals surface area contributed by atoms with Crippen molar-refractivity contribution >= 4 is 17.5 Å². The summed E-state index contributed by atoms with van der Waals surface area (Å²) < 4.78 is 12.1. The molecule has 3 rings (SSSR count). The molecule has 1 aromatic heterocycles. The van der Waals surface area contributed by atoms with E-state index >= 15 is 0 Å². The Bertz CT molecular complexity index is 926. The third kappa shape index (κ3) is 5.67. The van der Waals surface area contributed by atoms with Crippen molar-refractivity contribution in [3.8, 4) is 16.9 Å². The van der Waals surface area contributed by atoms with Crippen LogP contribution in [0.4, 0.5) is 0 Å². The van der Waals surface area contributed by atoms with Gasteiger partial charge in [0.05, 0.1) is 24.6 Å². The second-order valence-corrected chi connectivity index (χ2v) is 7.02. The Labute approximate surface area is 175 Å². The van der Waals surface area contributed by atoms with Gasteiger partial charge in [0.1, 0.15) is 6.61 Å². The molecule has 3 aromatic rings. The molecule has 0 saturated heterocycles. The zero-order valence-electron chi connectivity index (χ0n) is 16.5. The SMILES string of the molecule is COCCOCC(=O)N(C)Cc1cn(-c2ccccc2)nc1-c1ccc(Cl)cc1. The number of amides is 1. The molecule has 1 heterocycles. The van der Waals surface area contributed by atoms with Gasteiger partial charge in [-0.2, -0.15) is 5.10 Å². The predicted molar refractivity (Wildman–Crippen MR) is 113 cm³/mol. The van der Waals surface area contributed by atoms with Crippen molar-refractivity contribution in [3.63, 3.8) is 0 Å². The first-order valence-corrected chi connectivity index (χ1v) is 9.67. The van der Waals surface area contributed by atoms with Crippen LogP contribution in [-0.4, -0.2) is 54.6 Å². The van der Waals surface area contributed by atoms with Crippen molar-refractivity contribution in [2.45, 2.75) is 6.54 Å². The van der Waals surface area contributed by atoms with Crippen LogP contribution in [0.1, 0.15) is 5.56 Å². The lowest BCUT2D eigenvalue weighted by atomic mass is 10.1. The largest absolute Gasteiger partial charge is 0.382 e. The number of nitrogens with zero attached hydrogens (tertiary/aromatic N) is 3. The van der Waals surface area contributed by atoms with E-state index in [-0.39, 0.29) is 12.5 Å². The Hall–Kier alpha value is -2.67. The Balaban J connectivity index is 1.83. The van der Waals surface area contributed by atoms with Gasteiger partial charge in [0.25, 0.3) is 0 Å². The zero-order chi connectivity index (χ0) is 20.6. The van der Waals surface area contributed by atoms with Crippen LogP contribution in [0.25, 0.3) is 16.9 Å². The Kier molecular flexibility index (Phi) is 7.41. The van der Waals surface area contributed by atoms with Crippen LogP contribution >= 0.6 is 11.6 Å². The molecule has 0 unspecified atom stereocenters. The van der Waals surface area contributed by atoms with Gasteiger partial charge in [-0.25, -0.2) is 4.68 Å². The number of likely N-dealkylation sites (N-methyl/N-ethyl adjacent to an activating group) is 1. The summed E-state index contributed by atoms with van der Waals surface area (Å²) in [6.07, 6.45) is 1.95. The molecule has 0 N–H and O–H groups in total. The lowest BCUT2D eigenvalue weighted by Crippen LogP contribution is -2.30. The molecule has 0 aliphatic heterocycles. The molecule has 6 nitrogen and oxygen atoms in total. The molecule has 1 amide bonds. The molecule has 29 heavy (non-hydrogen) atoms. The second kappa shape index (κ2) is 10.2. The number of benzene rings is 2. The summed E-state index contributed by atoms with van der Waals surface area (Å²) in [5, 5.41) is 5.43. The maximum absolute atomic E-state index is 12.4. The molecular weight excluding hydrogens is 390 g/mol. The van der Waals surface area contributed by atoms with Crippen molar-refractivity contribution in [2.75, 3.05) is 34.0 Å². The molecule has 0 bridgehead atoms. The minimum absolute atomic E-state index is 0.0168. The topological polar surface area (TPSA) is 56.6 Å². The minimum atomic E-state index is -0.101. The van der Waals surface area contributed by atoms with Crippen molar-refractivity contribution in [1.29, 1.82) is 0 Å². The molecule has 0 atom stereocenters. The monoisotopic (exact) mass is 413 g/mol. The molecule has 0 aliphatic rings. The smallest absolute Gasteiger partial charge is 0.248 e. The highest BCUT2D eigenvalue weighted by molar-refractivity contribution is 6.30. The first-order chi connectivity index (χ1) is 14.1. The van der Waals surface area contributed by atoms with E-state index in [1.165, 1.54) is 0 Å². The van der Waals surface area contributed by atoms with E-state index in [1.54, 1.807) is 19.1 Å². The number of rotatable bonds is 9. The van der Waals surface area contributed by atoms with Crippen LogP contribution in [0.5, 0.6) is 0 Å². The summed E-state index contributed by atoms with van der Waals surface area (Å²) >= 11 is 6.04. The van der Waals surface area contributed by atoms with Gasteiger partial charge in [0.2, 0.25) is 5.91 Å². The fourth-order valence-electron chi connectivity index (χ4n) is 2.84. The normalized spacial score (nSPS) is 10.9. The summed E-state index contributed by atoms with van der Waals surface area (Å²) in [7, 11) is 3.35. The van der Waals surface area contributed by atoms with Crippen LogP contribution in [0, 0.1) is 0 Å². The molecule has 2 aromatic carbocycles. The Morgan fingerprint density at radius 2 is 1.83 bits per heavy atom. The number of hydrogen-bond acceptors (Lipinski definition) is 4. The average molecular weight is 414 g/mol. The van der Waals surface area contributed by atoms with Crippen LogP contribution in [0.3, 0.4) is 0 Å². The molecule has 0 aliphatic carbocycles. The third-order valence-electron chi connectivity index (χ3n) is 4.42. The maximum atomic E-state index is 12.4. The number of para-hydroxylation sites is 1. The maximum Gasteiger partial charge on any atom is 0.248 e. The van der Waals surface area contributed by atoms with E-state index in [0.29, 0.717) is 24.8 Å². The summed E-state index contributed by atoms with van der Waals surface area (Å²) in [6.45, 7) is 1.28. The van der Waals surface area contributed by atoms with Gasteiger partial charge in [-0.1, -0.05) is 41.9 Å². The van der Waals surface area contributed by atoms with Gasteiger partial charge < -0.3 is 14.4 Å². The van der Waals surface area contributed by atoms with Crippen molar-refractivity contribution in [3.05, 3.63) is 71.4 Å². The Morgan fingerprint density at radius 1 is 1.10 bits per heavy atom. The predicted octanol–water partition coefficient (Wildman–Crippen LogP) is 3.81. The standard InChI is InChI=1S/C22H24ClN3O3/c1-25(21(27)16-29-13-12-28-2)14-18-15-26(20-6-4-3-5-7-20)24-22(18)17-8-10-19(23)11-9-17/h3-11,15H,12-14,16H2,1-2H3. The fourth-order valence-corrected chi connectivity index (χ4v) is 2.97. The van der Waals surface area contributed by atoms with Gasteiger partial charge >= 0.3 is 0 Å². The van der Waals surface area contributed by atoms with Crippen LogP contribution in [0.15, 0.2) is 60.8 Å². The van der Waals surface area contributed by atoms with Crippen LogP contribution < -0.4 is 0 Å². The summed E-state index contributed by atoms with van der Waals surface area (Å²) in [6, 6.07) is 17.4. The molecule has 152 valence electrons. The van der Waals surface area contributed by atoms with Gasteiger partial charge in [-0.3, -0.25) is 4.79 Å². The minimum Gasteiger partial charge on any atom is -0.382 e. The van der Waals surface area contributed by atoms with Gasteiger partial charge in [-0.15, -0.1) is 0 Å². The van der Waals surface area contributed by atoms with E-state index < -0.39 is 0 Å². The molecule has 0 radical (unpaired) electrons. The fraction of sp³-hybridized carbons (Fsp3) is 0.273. The Morgan fingerprint density at radius 3 is 2.52 bits per heavy atom. The van der Waals surface area contributed by atoms with Crippen molar-refractivity contribution < 1.29 is 14.3 Å². The number of carbonyl (C=O) groups excluding carboxylic acids is 1. The summed E-state index contributed by atoms with van der Waals surface area (Å²) in [4.78, 5) is 14.0. The molecular formula is C22H24ClN3O3. The second-order valence-electron chi connectivity index (χ2n) is 6.59. The van der Waals surface area contributed by atoms with Crippen molar-refractivity contribution in [1.82, 2.24) is 14.7 Å². The zero-order valence-corrected chi connectivity index (χ0v) is 17.3. The van der Waals surface area contributed by atoms with Crippen LogP contribution in [0.2, 0.25) is 5.02 Å². The average Bonchev–Trinajstić information content (AvgIpc) is 3.16. The van der Waals surface area contributed by atoms with Crippen LogP contribution in [-0.2, 0) is 20.8 Å². The van der Waals surface area contributed by atoms with E-state index in [1.807, 2.05) is 65.5 Å². The highest BCUT2D eigenvalue weighted by Crippen LogP contribution is 2.26. The van der Waals surface area contributed by atoms with Gasteiger partial charge in [0.15, 0.2) is 0 Å². The van der Waals surface area contributed by atoms with Gasteiger partial charge in [0, 0.05) is 43.0 Å². The van der Waals surface area contributed by atoms with Gasteiger partial charge in [-0.05, 0) is 24.3 Å². The van der Waals surface area contributed by atoms with E-state index in [2.05, 4.69) is 0 Å². The lowest BCUT2D eigenvalue weighted by molar-refractivity contribution is -0.135. The van der Waals surface area contributed by atoms with E-state index in [9.17, 15) is 4.79 Å². The summed E-state index contributed by atoms with van der Waals surface area (Å²) in [5.41, 5.74) is 3.64. The summed E-state index contributed by atoms with van der Waals surface area (Å²) in [5.74, 6) is -0.101. The first-order valence-electron chi connectivity index (χ1n) is 9.29. The number of halogens is 1. The number of hydrogen-bond donors (Lipinski definition) is 0. The number of methoxy groups -OCH3 is 1. The number of ether oxygens (including phenoxy) is 2. The van der Waals surface area contributed by atoms with E-state index in [4.69, 9.17) is 26.2 Å². The third-order valence-corrected chi connectivity index (χ3v) is 4.67. The van der Waals surface area contributed by atoms with Crippen molar-refractivity contribution in [2.24, 2.45) is 0 Å². The number of carbonyl (C=O) groups is 1. The lowest BCUT2D eigenvalue weighted by Gasteiger charge is -2.17. The highest BCUT2D eigenvalue weighted by atomic mass is 35.5. The quantitative estimate of drug-likeness (QED) is 0.500. The molecule has 0 spiro atoms. The van der Waals surface area contributed by atoms with E-state index in [0.717, 1.165) is 22.5 Å². The molecule has 0 saturated carbocycles. The molecule has 7 heteroatoms. The highest BCUT2D eigenvalue weighted by Gasteiger charge is 2.17. The first kappa shape index (κ1) is 21.0. The molecule has 0 fully saturated rings.